The number of aryl methyl sites for hydroxylation is 1. The van der Waals surface area contributed by atoms with Crippen molar-refractivity contribution in [3.8, 4) is 0 Å². The molecule has 3 heteroatoms. The molecule has 1 saturated carbocycles. The van der Waals surface area contributed by atoms with E-state index in [0.29, 0.717) is 18.4 Å². The number of piperidine rings is 1. The van der Waals surface area contributed by atoms with Crippen LogP contribution in [0.2, 0.25) is 0 Å². The first kappa shape index (κ1) is 14.6. The van der Waals surface area contributed by atoms with Gasteiger partial charge in [-0.2, -0.15) is 0 Å². The maximum Gasteiger partial charge on any atom is 0.225 e. The second-order valence-electron chi connectivity index (χ2n) is 6.47. The number of benzene rings is 1. The molecule has 0 bridgehead atoms. The Morgan fingerprint density at radius 1 is 1.19 bits per heavy atom. The van der Waals surface area contributed by atoms with E-state index in [4.69, 9.17) is 4.74 Å². The first-order valence-corrected chi connectivity index (χ1v) is 8.18. The molecule has 21 heavy (non-hydrogen) atoms. The average molecular weight is 287 g/mol. The van der Waals surface area contributed by atoms with E-state index in [9.17, 15) is 4.79 Å². The lowest BCUT2D eigenvalue weighted by molar-refractivity contribution is -0.142. The van der Waals surface area contributed by atoms with Gasteiger partial charge in [0, 0.05) is 19.0 Å². The van der Waals surface area contributed by atoms with Gasteiger partial charge in [-0.15, -0.1) is 0 Å². The summed E-state index contributed by atoms with van der Waals surface area (Å²) in [5, 5.41) is 0. The van der Waals surface area contributed by atoms with Crippen molar-refractivity contribution in [2.24, 2.45) is 5.92 Å². The van der Waals surface area contributed by atoms with E-state index < -0.39 is 0 Å². The number of hydrogen-bond acceptors (Lipinski definition) is 2. The fourth-order valence-electron chi connectivity index (χ4n) is 3.09. The Morgan fingerprint density at radius 3 is 2.62 bits per heavy atom. The Balaban J connectivity index is 1.49. The second kappa shape index (κ2) is 6.61. The van der Waals surface area contributed by atoms with Crippen LogP contribution >= 0.6 is 0 Å². The summed E-state index contributed by atoms with van der Waals surface area (Å²) in [7, 11) is 0. The highest BCUT2D eigenvalue weighted by atomic mass is 16.5. The Kier molecular flexibility index (Phi) is 4.59. The Hall–Kier alpha value is -1.35. The number of ether oxygens (including phenoxy) is 1. The van der Waals surface area contributed by atoms with Crippen molar-refractivity contribution in [1.29, 1.82) is 0 Å². The van der Waals surface area contributed by atoms with Crippen LogP contribution in [0.4, 0.5) is 0 Å². The fraction of sp³-hybridized carbons (Fsp3) is 0.611. The zero-order valence-electron chi connectivity index (χ0n) is 12.9. The number of likely N-dealkylation sites (tertiary alicyclic amines) is 1. The van der Waals surface area contributed by atoms with Crippen molar-refractivity contribution in [2.45, 2.75) is 51.7 Å². The van der Waals surface area contributed by atoms with E-state index in [1.54, 1.807) is 0 Å². The molecule has 1 amide bonds. The predicted octanol–water partition coefficient (Wildman–Crippen LogP) is 3.30. The highest BCUT2D eigenvalue weighted by molar-refractivity contribution is 5.79. The molecule has 3 rings (SSSR count). The topological polar surface area (TPSA) is 29.5 Å². The van der Waals surface area contributed by atoms with Crippen molar-refractivity contribution >= 4 is 5.91 Å². The normalized spacial score (nSPS) is 22.9. The molecule has 1 atom stereocenters. The lowest BCUT2D eigenvalue weighted by atomic mass is 9.84. The maximum absolute atomic E-state index is 12.3. The first-order valence-electron chi connectivity index (χ1n) is 8.18. The van der Waals surface area contributed by atoms with Gasteiger partial charge in [-0.25, -0.2) is 0 Å². The van der Waals surface area contributed by atoms with Crippen LogP contribution in [-0.4, -0.2) is 30.0 Å². The molecule has 1 aromatic rings. The summed E-state index contributed by atoms with van der Waals surface area (Å²) >= 11 is 0. The number of hydrogen-bond donors (Lipinski definition) is 0. The molecule has 1 aliphatic heterocycles. The molecule has 1 saturated heterocycles. The number of carbonyl (C=O) groups excluding carboxylic acids is 1. The third-order valence-electron chi connectivity index (χ3n) is 4.75. The van der Waals surface area contributed by atoms with E-state index in [2.05, 4.69) is 31.2 Å². The second-order valence-corrected chi connectivity index (χ2v) is 6.47. The quantitative estimate of drug-likeness (QED) is 0.850. The Labute approximate surface area is 127 Å². The van der Waals surface area contributed by atoms with Gasteiger partial charge in [-0.3, -0.25) is 4.79 Å². The minimum atomic E-state index is 0.198. The summed E-state index contributed by atoms with van der Waals surface area (Å²) < 4.78 is 6.03. The van der Waals surface area contributed by atoms with Crippen molar-refractivity contribution in [1.82, 2.24) is 4.90 Å². The Bertz CT molecular complexity index is 478. The lowest BCUT2D eigenvalue weighted by Crippen LogP contribution is -2.46. The van der Waals surface area contributed by atoms with Crippen LogP contribution in [-0.2, 0) is 16.1 Å². The molecular weight excluding hydrogens is 262 g/mol. The van der Waals surface area contributed by atoms with Crippen molar-refractivity contribution in [3.05, 3.63) is 35.4 Å². The zero-order chi connectivity index (χ0) is 14.7. The van der Waals surface area contributed by atoms with Gasteiger partial charge in [-0.05, 0) is 38.2 Å². The molecule has 1 aliphatic carbocycles. The molecule has 1 unspecified atom stereocenters. The minimum Gasteiger partial charge on any atom is -0.372 e. The molecule has 1 aromatic carbocycles. The first-order chi connectivity index (χ1) is 10.2. The standard InChI is InChI=1S/C18H25NO2/c1-14-7-9-15(10-8-14)13-21-17-6-3-11-19(12-17)18(20)16-4-2-5-16/h7-10,16-17H,2-6,11-13H2,1H3. The predicted molar refractivity (Wildman–Crippen MR) is 82.9 cm³/mol. The number of carbonyl (C=O) groups is 1. The van der Waals surface area contributed by atoms with E-state index in [1.807, 2.05) is 4.90 Å². The van der Waals surface area contributed by atoms with Crippen LogP contribution in [0.5, 0.6) is 0 Å². The summed E-state index contributed by atoms with van der Waals surface area (Å²) in [6.45, 7) is 4.44. The van der Waals surface area contributed by atoms with Crippen molar-refractivity contribution in [2.75, 3.05) is 13.1 Å². The summed E-state index contributed by atoms with van der Waals surface area (Å²) in [4.78, 5) is 14.3. The molecular formula is C18H25NO2. The van der Waals surface area contributed by atoms with Gasteiger partial charge in [0.2, 0.25) is 5.91 Å². The van der Waals surface area contributed by atoms with Crippen LogP contribution in [0.15, 0.2) is 24.3 Å². The zero-order valence-corrected chi connectivity index (χ0v) is 12.9. The minimum absolute atomic E-state index is 0.198. The molecule has 2 fully saturated rings. The molecule has 114 valence electrons. The lowest BCUT2D eigenvalue weighted by Gasteiger charge is -2.37. The van der Waals surface area contributed by atoms with Gasteiger partial charge in [-0.1, -0.05) is 36.2 Å². The van der Waals surface area contributed by atoms with Gasteiger partial charge < -0.3 is 9.64 Å². The highest BCUT2D eigenvalue weighted by Gasteiger charge is 2.32. The SMILES string of the molecule is Cc1ccc(COC2CCCN(C(=O)C3CCC3)C2)cc1. The molecule has 3 nitrogen and oxygen atoms in total. The average Bonchev–Trinajstić information content (AvgIpc) is 2.45. The molecule has 0 radical (unpaired) electrons. The van der Waals surface area contributed by atoms with Crippen LogP contribution < -0.4 is 0 Å². The van der Waals surface area contributed by atoms with Crippen LogP contribution in [0.25, 0.3) is 0 Å². The van der Waals surface area contributed by atoms with Gasteiger partial charge in [0.05, 0.1) is 12.7 Å². The van der Waals surface area contributed by atoms with Gasteiger partial charge in [0.25, 0.3) is 0 Å². The number of amides is 1. The third kappa shape index (κ3) is 3.65. The largest absolute Gasteiger partial charge is 0.372 e. The fourth-order valence-corrected chi connectivity index (χ4v) is 3.09. The molecule has 1 heterocycles. The Morgan fingerprint density at radius 2 is 1.95 bits per heavy atom. The summed E-state index contributed by atoms with van der Waals surface area (Å²) in [5.41, 5.74) is 2.48. The number of nitrogens with zero attached hydrogens (tertiary/aromatic N) is 1. The van der Waals surface area contributed by atoms with Crippen LogP contribution in [0, 0.1) is 12.8 Å². The van der Waals surface area contributed by atoms with Gasteiger partial charge in [0.15, 0.2) is 0 Å². The molecule has 0 spiro atoms. The van der Waals surface area contributed by atoms with Crippen LogP contribution in [0.3, 0.4) is 0 Å². The molecule has 0 N–H and O–H groups in total. The van der Waals surface area contributed by atoms with E-state index in [1.165, 1.54) is 17.5 Å². The van der Waals surface area contributed by atoms with E-state index in [-0.39, 0.29) is 6.10 Å². The van der Waals surface area contributed by atoms with Gasteiger partial charge >= 0.3 is 0 Å². The summed E-state index contributed by atoms with van der Waals surface area (Å²) in [6, 6.07) is 8.48. The molecule has 2 aliphatic rings. The monoisotopic (exact) mass is 287 g/mol. The summed E-state index contributed by atoms with van der Waals surface area (Å²) in [6.07, 6.45) is 5.73. The highest BCUT2D eigenvalue weighted by Crippen LogP contribution is 2.29. The van der Waals surface area contributed by atoms with Crippen LogP contribution in [0.1, 0.15) is 43.2 Å². The van der Waals surface area contributed by atoms with Crippen molar-refractivity contribution in [3.63, 3.8) is 0 Å². The van der Waals surface area contributed by atoms with E-state index in [0.717, 1.165) is 38.8 Å². The third-order valence-corrected chi connectivity index (χ3v) is 4.75. The van der Waals surface area contributed by atoms with E-state index >= 15 is 0 Å². The maximum atomic E-state index is 12.3. The summed E-state index contributed by atoms with van der Waals surface area (Å²) in [5.74, 6) is 0.672. The smallest absolute Gasteiger partial charge is 0.225 e. The van der Waals surface area contributed by atoms with Crippen molar-refractivity contribution < 1.29 is 9.53 Å². The molecule has 0 aromatic heterocycles. The van der Waals surface area contributed by atoms with Gasteiger partial charge in [0.1, 0.15) is 0 Å². The number of rotatable bonds is 4.